The van der Waals surface area contributed by atoms with Crippen LogP contribution in [-0.2, 0) is 13.6 Å². The fraction of sp³-hybridized carbons (Fsp3) is 0.125. The standard InChI is InChI=1S/C16H14BrN3O.BrH/c1-19-13-7-2-3-8-14(13)20(16(19)18)10-15(21)11-5-4-6-12(17)9-11;/h2-9,18H,10H2,1H3;1H. The minimum Gasteiger partial charge on any atom is -1.00 e. The highest BCUT2D eigenvalue weighted by Gasteiger charge is 2.20. The second kappa shape index (κ2) is 6.62. The van der Waals surface area contributed by atoms with E-state index in [1.807, 2.05) is 64.7 Å². The van der Waals surface area contributed by atoms with Crippen LogP contribution in [-0.4, -0.2) is 10.4 Å². The first-order valence-electron chi connectivity index (χ1n) is 6.59. The van der Waals surface area contributed by atoms with Gasteiger partial charge in [-0.25, -0.2) is 9.13 Å². The van der Waals surface area contributed by atoms with Crippen molar-refractivity contribution < 1.29 is 26.3 Å². The number of carbonyl (C=O) groups is 1. The van der Waals surface area contributed by atoms with E-state index in [9.17, 15) is 4.79 Å². The number of halogens is 2. The number of fused-ring (bicyclic) bond motifs is 1. The van der Waals surface area contributed by atoms with Crippen LogP contribution in [0.15, 0.2) is 53.0 Å². The molecular weight excluding hydrogens is 410 g/mol. The van der Waals surface area contributed by atoms with Crippen molar-refractivity contribution in [1.82, 2.24) is 4.57 Å². The molecule has 2 N–H and O–H groups in total. The van der Waals surface area contributed by atoms with E-state index in [0.717, 1.165) is 15.5 Å². The number of nitrogens with two attached hydrogens (primary N) is 1. The van der Waals surface area contributed by atoms with Crippen molar-refractivity contribution in [2.45, 2.75) is 6.54 Å². The Balaban J connectivity index is 0.00000176. The molecule has 3 aromatic rings. The summed E-state index contributed by atoms with van der Waals surface area (Å²) in [7, 11) is 1.90. The Hall–Kier alpha value is -1.66. The lowest BCUT2D eigenvalue weighted by Crippen LogP contribution is -3.00. The maximum Gasteiger partial charge on any atom is 0.356 e. The van der Waals surface area contributed by atoms with Gasteiger partial charge in [-0.3, -0.25) is 10.5 Å². The normalized spacial score (nSPS) is 10.5. The highest BCUT2D eigenvalue weighted by atomic mass is 79.9. The van der Waals surface area contributed by atoms with Crippen molar-refractivity contribution in [3.63, 3.8) is 0 Å². The molecule has 4 nitrogen and oxygen atoms in total. The van der Waals surface area contributed by atoms with Crippen LogP contribution in [0.25, 0.3) is 11.0 Å². The maximum atomic E-state index is 12.5. The quantitative estimate of drug-likeness (QED) is 0.463. The van der Waals surface area contributed by atoms with E-state index < -0.39 is 0 Å². The van der Waals surface area contributed by atoms with Gasteiger partial charge in [-0.2, -0.15) is 0 Å². The third-order valence-electron chi connectivity index (χ3n) is 3.60. The van der Waals surface area contributed by atoms with Gasteiger partial charge < -0.3 is 17.0 Å². The minimum atomic E-state index is 0. The van der Waals surface area contributed by atoms with E-state index in [1.165, 1.54) is 0 Å². The van der Waals surface area contributed by atoms with Crippen LogP contribution in [0.4, 0.5) is 5.95 Å². The van der Waals surface area contributed by atoms with Gasteiger partial charge >= 0.3 is 5.95 Å². The average molecular weight is 425 g/mol. The summed E-state index contributed by atoms with van der Waals surface area (Å²) in [5.74, 6) is 0.601. The van der Waals surface area contributed by atoms with E-state index >= 15 is 0 Å². The molecule has 0 spiro atoms. The van der Waals surface area contributed by atoms with Gasteiger partial charge in [0.15, 0.2) is 5.78 Å². The van der Waals surface area contributed by atoms with Gasteiger partial charge in [-0.05, 0) is 24.3 Å². The topological polar surface area (TPSA) is 51.9 Å². The summed E-state index contributed by atoms with van der Waals surface area (Å²) in [6.07, 6.45) is 0. The second-order valence-electron chi connectivity index (χ2n) is 4.93. The summed E-state index contributed by atoms with van der Waals surface area (Å²) in [6.45, 7) is 0.226. The van der Waals surface area contributed by atoms with Gasteiger partial charge in [0, 0.05) is 10.0 Å². The number of nitrogens with zero attached hydrogens (tertiary/aromatic N) is 2. The molecule has 0 radical (unpaired) electrons. The molecule has 0 unspecified atom stereocenters. The van der Waals surface area contributed by atoms with E-state index in [4.69, 9.17) is 5.73 Å². The Bertz CT molecular complexity index is 843. The molecule has 0 atom stereocenters. The second-order valence-corrected chi connectivity index (χ2v) is 5.84. The molecule has 0 saturated heterocycles. The molecular formula is C16H15Br2N3O. The number of rotatable bonds is 3. The number of imidazole rings is 1. The van der Waals surface area contributed by atoms with Gasteiger partial charge in [0.2, 0.25) is 0 Å². The van der Waals surface area contributed by atoms with Crippen molar-refractivity contribution in [3.8, 4) is 0 Å². The molecule has 0 aliphatic rings. The van der Waals surface area contributed by atoms with Crippen LogP contribution in [0.1, 0.15) is 10.4 Å². The zero-order valence-electron chi connectivity index (χ0n) is 12.0. The average Bonchev–Trinajstić information content (AvgIpc) is 2.73. The molecule has 114 valence electrons. The number of hydrogen-bond donors (Lipinski definition) is 1. The van der Waals surface area contributed by atoms with Gasteiger partial charge in [0.1, 0.15) is 17.6 Å². The lowest BCUT2D eigenvalue weighted by atomic mass is 10.1. The third kappa shape index (κ3) is 2.94. The summed E-state index contributed by atoms with van der Waals surface area (Å²) < 4.78 is 4.63. The van der Waals surface area contributed by atoms with Gasteiger partial charge in [-0.15, -0.1) is 0 Å². The lowest BCUT2D eigenvalue weighted by molar-refractivity contribution is -0.630. The molecule has 3 rings (SSSR count). The summed E-state index contributed by atoms with van der Waals surface area (Å²) in [5.41, 5.74) is 8.78. The van der Waals surface area contributed by atoms with Gasteiger partial charge in [0.05, 0.1) is 7.05 Å². The molecule has 0 fully saturated rings. The molecule has 22 heavy (non-hydrogen) atoms. The first kappa shape index (κ1) is 16.7. The summed E-state index contributed by atoms with van der Waals surface area (Å²) >= 11 is 3.39. The third-order valence-corrected chi connectivity index (χ3v) is 4.10. The smallest absolute Gasteiger partial charge is 0.356 e. The molecule has 1 aromatic heterocycles. The number of benzene rings is 2. The van der Waals surface area contributed by atoms with Crippen molar-refractivity contribution >= 4 is 38.7 Å². The molecule has 0 aliphatic heterocycles. The fourth-order valence-corrected chi connectivity index (χ4v) is 2.87. The Morgan fingerprint density at radius 2 is 1.95 bits per heavy atom. The number of hydrogen-bond acceptors (Lipinski definition) is 2. The summed E-state index contributed by atoms with van der Waals surface area (Å²) in [6, 6.07) is 15.3. The van der Waals surface area contributed by atoms with E-state index in [0.29, 0.717) is 11.5 Å². The van der Waals surface area contributed by atoms with Crippen LogP contribution < -0.4 is 27.3 Å². The van der Waals surface area contributed by atoms with Crippen LogP contribution >= 0.6 is 15.9 Å². The Morgan fingerprint density at radius 1 is 1.23 bits per heavy atom. The predicted molar refractivity (Wildman–Crippen MR) is 86.0 cm³/mol. The monoisotopic (exact) mass is 423 g/mol. The molecule has 0 aliphatic carbocycles. The largest absolute Gasteiger partial charge is 1.00 e. The zero-order valence-corrected chi connectivity index (χ0v) is 15.1. The van der Waals surface area contributed by atoms with Crippen LogP contribution in [0.3, 0.4) is 0 Å². The number of carbonyl (C=O) groups excluding carboxylic acids is 1. The van der Waals surface area contributed by atoms with Crippen molar-refractivity contribution in [2.24, 2.45) is 7.05 Å². The molecule has 2 aromatic carbocycles. The fourth-order valence-electron chi connectivity index (χ4n) is 2.47. The molecule has 6 heteroatoms. The molecule has 0 amide bonds. The van der Waals surface area contributed by atoms with Crippen molar-refractivity contribution in [1.29, 1.82) is 0 Å². The number of Topliss-reactive ketones (excluding diaryl/α,β-unsaturated/α-hetero) is 1. The Morgan fingerprint density at radius 3 is 2.68 bits per heavy atom. The van der Waals surface area contributed by atoms with E-state index in [2.05, 4.69) is 15.9 Å². The number of aromatic nitrogens is 2. The number of nitrogen functional groups attached to an aromatic ring is 1. The van der Waals surface area contributed by atoms with Crippen molar-refractivity contribution in [2.75, 3.05) is 5.73 Å². The Labute approximate surface area is 147 Å². The maximum absolute atomic E-state index is 12.5. The van der Waals surface area contributed by atoms with E-state index in [-0.39, 0.29) is 29.3 Å². The number of ketones is 1. The first-order valence-corrected chi connectivity index (χ1v) is 7.38. The number of anilines is 1. The number of aryl methyl sites for hydroxylation is 1. The lowest BCUT2D eigenvalue weighted by Gasteiger charge is -2.02. The number of para-hydroxylation sites is 2. The molecule has 0 bridgehead atoms. The summed E-state index contributed by atoms with van der Waals surface area (Å²) in [5, 5.41) is 0. The molecule has 0 saturated carbocycles. The van der Waals surface area contributed by atoms with Crippen LogP contribution in [0.5, 0.6) is 0 Å². The highest BCUT2D eigenvalue weighted by Crippen LogP contribution is 2.17. The predicted octanol–water partition coefficient (Wildman–Crippen LogP) is -0.303. The minimum absolute atomic E-state index is 0. The van der Waals surface area contributed by atoms with Gasteiger partial charge in [0.25, 0.3) is 0 Å². The molecule has 1 heterocycles. The van der Waals surface area contributed by atoms with Crippen molar-refractivity contribution in [3.05, 3.63) is 58.6 Å². The zero-order chi connectivity index (χ0) is 15.0. The van der Waals surface area contributed by atoms with Crippen LogP contribution in [0.2, 0.25) is 0 Å². The summed E-state index contributed by atoms with van der Waals surface area (Å²) in [4.78, 5) is 12.5. The van der Waals surface area contributed by atoms with Gasteiger partial charge in [-0.1, -0.05) is 40.2 Å². The van der Waals surface area contributed by atoms with E-state index in [1.54, 1.807) is 0 Å². The SMILES string of the molecule is C[n+]1c(N)n(CC(=O)c2cccc(Br)c2)c2ccccc21.[Br-]. The first-order chi connectivity index (χ1) is 10.1. The Kier molecular flexibility index (Phi) is 5.03. The highest BCUT2D eigenvalue weighted by molar-refractivity contribution is 9.10. The van der Waals surface area contributed by atoms with Crippen LogP contribution in [0, 0.1) is 0 Å².